The molecule has 34 heavy (non-hydrogen) atoms. The van der Waals surface area contributed by atoms with E-state index in [0.29, 0.717) is 11.8 Å². The molecule has 0 aliphatic heterocycles. The Labute approximate surface area is 190 Å². The molecule has 17 heteroatoms. The predicted octanol–water partition coefficient (Wildman–Crippen LogP) is 1.30. The third-order valence-electron chi connectivity index (χ3n) is 4.51. The Bertz CT molecular complexity index is 1810. The predicted molar refractivity (Wildman–Crippen MR) is 113 cm³/mol. The van der Waals surface area contributed by atoms with Crippen molar-refractivity contribution >= 4 is 37.4 Å². The van der Waals surface area contributed by atoms with Crippen molar-refractivity contribution in [2.24, 2.45) is 10.2 Å². The molecule has 3 aromatic heterocycles. The van der Waals surface area contributed by atoms with E-state index in [1.165, 1.54) is 16.8 Å². The molecule has 0 unspecified atom stereocenters. The number of aryl methyl sites for hydroxylation is 1. The highest BCUT2D eigenvalue weighted by atomic mass is 32.2. The summed E-state index contributed by atoms with van der Waals surface area (Å²) in [6, 6.07) is 5.39. The Kier molecular flexibility index (Phi) is 5.37. The average Bonchev–Trinajstić information content (AvgIpc) is 3.30. The second-order valence-corrected chi connectivity index (χ2v) is 9.53. The number of benzene rings is 1. The molecule has 174 valence electrons. The number of aromatic nitrogens is 5. The van der Waals surface area contributed by atoms with E-state index in [9.17, 15) is 36.0 Å². The van der Waals surface area contributed by atoms with Gasteiger partial charge in [-0.15, -0.1) is 10.2 Å². The van der Waals surface area contributed by atoms with Crippen molar-refractivity contribution in [2.45, 2.75) is 16.7 Å². The topological polar surface area (TPSA) is 225 Å². The maximum Gasteiger partial charge on any atom is 0.296 e. The van der Waals surface area contributed by atoms with Crippen LogP contribution in [0.5, 0.6) is 0 Å². The van der Waals surface area contributed by atoms with E-state index in [1.54, 1.807) is 6.92 Å². The smallest absolute Gasteiger partial charge is 0.296 e. The first-order valence-corrected chi connectivity index (χ1v) is 11.9. The first kappa shape index (κ1) is 22.9. The second kappa shape index (κ2) is 7.96. The lowest BCUT2D eigenvalue weighted by molar-refractivity contribution is 0.480. The van der Waals surface area contributed by atoms with E-state index in [4.69, 9.17) is 0 Å². The van der Waals surface area contributed by atoms with Crippen LogP contribution < -0.4 is 5.56 Å². The van der Waals surface area contributed by atoms with Gasteiger partial charge in [-0.2, -0.15) is 32.3 Å². The number of fused-ring (bicyclic) bond motifs is 1. The largest absolute Gasteiger partial charge is 0.305 e. The summed E-state index contributed by atoms with van der Waals surface area (Å²) in [5.74, 6) is -0.274. The van der Waals surface area contributed by atoms with Crippen LogP contribution in [-0.4, -0.2) is 50.3 Å². The molecule has 4 rings (SSSR count). The van der Waals surface area contributed by atoms with Gasteiger partial charge in [0.15, 0.2) is 17.2 Å². The number of azo groups is 1. The van der Waals surface area contributed by atoms with E-state index in [0.717, 1.165) is 23.0 Å². The second-order valence-electron chi connectivity index (χ2n) is 6.72. The molecule has 3 heterocycles. The summed E-state index contributed by atoms with van der Waals surface area (Å²) < 4.78 is 67.7. The van der Waals surface area contributed by atoms with Crippen LogP contribution in [0.25, 0.3) is 11.3 Å². The van der Waals surface area contributed by atoms with Gasteiger partial charge >= 0.3 is 0 Å². The van der Waals surface area contributed by atoms with Gasteiger partial charge < -0.3 is 4.98 Å². The number of H-pyrrole nitrogens is 1. The van der Waals surface area contributed by atoms with Crippen LogP contribution in [-0.2, 0) is 20.2 Å². The van der Waals surface area contributed by atoms with Crippen LogP contribution in [0.15, 0.2) is 61.5 Å². The van der Waals surface area contributed by atoms with E-state index in [1.807, 2.05) is 6.07 Å². The van der Waals surface area contributed by atoms with Gasteiger partial charge in [0.2, 0.25) is 0 Å². The Morgan fingerprint density at radius 1 is 1.12 bits per heavy atom. The Morgan fingerprint density at radius 2 is 1.85 bits per heavy atom. The number of nitrogens with one attached hydrogen (secondary N) is 1. The van der Waals surface area contributed by atoms with E-state index in [2.05, 4.69) is 25.4 Å². The van der Waals surface area contributed by atoms with Gasteiger partial charge in [0.05, 0.1) is 22.5 Å². The fraction of sp³-hybridized carbons (Fsp3) is 0.0588. The number of rotatable bonds is 5. The zero-order chi connectivity index (χ0) is 24.8. The Hall–Kier alpha value is -4.24. The minimum atomic E-state index is -5.02. The highest BCUT2D eigenvalue weighted by molar-refractivity contribution is 7.86. The fourth-order valence-corrected chi connectivity index (χ4v) is 4.28. The van der Waals surface area contributed by atoms with Crippen LogP contribution in [0.2, 0.25) is 0 Å². The van der Waals surface area contributed by atoms with Crippen LogP contribution in [0.3, 0.4) is 0 Å². The van der Waals surface area contributed by atoms with Crippen molar-refractivity contribution in [1.82, 2.24) is 24.4 Å². The van der Waals surface area contributed by atoms with Crippen molar-refractivity contribution in [1.29, 1.82) is 5.26 Å². The van der Waals surface area contributed by atoms with Crippen molar-refractivity contribution < 1.29 is 25.9 Å². The molecule has 3 N–H and O–H groups in total. The molecular weight excluding hydrogens is 492 g/mol. The van der Waals surface area contributed by atoms with Crippen LogP contribution >= 0.6 is 0 Å². The van der Waals surface area contributed by atoms with Gasteiger partial charge in [-0.05, 0) is 25.1 Å². The third kappa shape index (κ3) is 4.08. The van der Waals surface area contributed by atoms with E-state index in [-0.39, 0.29) is 28.4 Å². The van der Waals surface area contributed by atoms with Crippen molar-refractivity contribution in [3.63, 3.8) is 0 Å². The summed E-state index contributed by atoms with van der Waals surface area (Å²) in [5.41, 5.74) is -0.239. The minimum absolute atomic E-state index is 0.145. The average molecular weight is 504 g/mol. The number of hydrogen-bond donors (Lipinski definition) is 3. The number of nitriles is 1. The molecule has 0 saturated heterocycles. The van der Waals surface area contributed by atoms with E-state index < -0.39 is 35.6 Å². The molecule has 0 amide bonds. The van der Waals surface area contributed by atoms with Crippen LogP contribution in [0, 0.1) is 18.3 Å². The van der Waals surface area contributed by atoms with Gasteiger partial charge in [-0.25, -0.2) is 9.20 Å². The lowest BCUT2D eigenvalue weighted by atomic mass is 10.3. The van der Waals surface area contributed by atoms with E-state index >= 15 is 0 Å². The molecule has 15 nitrogen and oxygen atoms in total. The molecule has 0 atom stereocenters. The van der Waals surface area contributed by atoms with Crippen molar-refractivity contribution in [3.05, 3.63) is 58.3 Å². The molecular formula is C17H12N8O7S2. The Balaban J connectivity index is 1.93. The van der Waals surface area contributed by atoms with Crippen molar-refractivity contribution in [3.8, 4) is 11.8 Å². The lowest BCUT2D eigenvalue weighted by Crippen LogP contribution is -2.09. The summed E-state index contributed by atoms with van der Waals surface area (Å²) in [6.07, 6.45) is 2.45. The van der Waals surface area contributed by atoms with Gasteiger partial charge in [0.25, 0.3) is 25.8 Å². The highest BCUT2D eigenvalue weighted by Crippen LogP contribution is 2.31. The Morgan fingerprint density at radius 3 is 2.50 bits per heavy atom. The first-order chi connectivity index (χ1) is 15.9. The maximum absolute atomic E-state index is 11.9. The van der Waals surface area contributed by atoms with Crippen LogP contribution in [0.1, 0.15) is 11.3 Å². The molecule has 0 radical (unpaired) electrons. The molecule has 0 aliphatic rings. The maximum atomic E-state index is 11.9. The van der Waals surface area contributed by atoms with Gasteiger partial charge in [0.1, 0.15) is 16.5 Å². The molecule has 4 aromatic rings. The van der Waals surface area contributed by atoms with Gasteiger partial charge in [-0.1, -0.05) is 0 Å². The molecule has 0 spiro atoms. The monoisotopic (exact) mass is 504 g/mol. The zero-order valence-electron chi connectivity index (χ0n) is 16.8. The molecule has 0 saturated carbocycles. The van der Waals surface area contributed by atoms with Gasteiger partial charge in [-0.3, -0.25) is 13.9 Å². The normalized spacial score (nSPS) is 12.4. The van der Waals surface area contributed by atoms with Crippen LogP contribution in [0.4, 0.5) is 11.5 Å². The fourth-order valence-electron chi connectivity index (χ4n) is 3.01. The molecule has 0 bridgehead atoms. The summed E-state index contributed by atoms with van der Waals surface area (Å²) in [7, 11) is -9.82. The highest BCUT2D eigenvalue weighted by Gasteiger charge is 2.24. The summed E-state index contributed by atoms with van der Waals surface area (Å²) in [4.78, 5) is 12.5. The quantitative estimate of drug-likeness (QED) is 0.261. The van der Waals surface area contributed by atoms with Crippen molar-refractivity contribution in [2.75, 3.05) is 0 Å². The molecule has 1 aromatic carbocycles. The lowest BCUT2D eigenvalue weighted by Gasteiger charge is -2.10. The molecule has 0 aliphatic carbocycles. The number of nitrogens with zero attached hydrogens (tertiary/aromatic N) is 7. The zero-order valence-corrected chi connectivity index (χ0v) is 18.5. The third-order valence-corrected chi connectivity index (χ3v) is 6.24. The summed E-state index contributed by atoms with van der Waals surface area (Å²) in [6.45, 7) is 1.59. The number of hydrogen-bond acceptors (Lipinski definition) is 10. The summed E-state index contributed by atoms with van der Waals surface area (Å²) in [5, 5.41) is 25.5. The number of aromatic amines is 1. The summed E-state index contributed by atoms with van der Waals surface area (Å²) >= 11 is 0. The standard InChI is InChI=1S/C17H12N8O7S2/c1-9-15(17-20-14(26)4-5-24(17)23-9)21-22-16-10(7-18)8-19-25(16)12-3-2-11(33(27,28)29)6-13(12)34(30,31)32/h2-6,8H,1H3,(H,20,26)(H,27,28,29)(H,30,31,32)/b22-21+. The van der Waals surface area contributed by atoms with Gasteiger partial charge in [0, 0.05) is 12.3 Å². The SMILES string of the molecule is Cc1nn2ccc(=O)[nH]c2c1/N=N/c1c(C#N)cnn1-c1ccc(S(=O)(=O)O)cc1S(=O)(=O)O. The molecule has 0 fully saturated rings. The minimum Gasteiger partial charge on any atom is -0.305 e. The first-order valence-electron chi connectivity index (χ1n) is 8.97.